The van der Waals surface area contributed by atoms with Crippen LogP contribution in [0.1, 0.15) is 41.2 Å². The summed E-state index contributed by atoms with van der Waals surface area (Å²) in [7, 11) is 0. The highest BCUT2D eigenvalue weighted by Gasteiger charge is 2.52. The minimum absolute atomic E-state index is 0.0454. The van der Waals surface area contributed by atoms with E-state index < -0.39 is 11.6 Å². The molecule has 0 saturated carbocycles. The molecule has 2 N–H and O–H groups in total. The predicted octanol–water partition coefficient (Wildman–Crippen LogP) is 6.71. The van der Waals surface area contributed by atoms with E-state index in [1.54, 1.807) is 48.5 Å². The Kier molecular flexibility index (Phi) is 10.3. The summed E-state index contributed by atoms with van der Waals surface area (Å²) >= 11 is 12.2. The van der Waals surface area contributed by atoms with Gasteiger partial charge >= 0.3 is 0 Å². The van der Waals surface area contributed by atoms with E-state index in [0.717, 1.165) is 5.56 Å². The number of halogens is 2. The average molecular weight is 594 g/mol. The molecular weight excluding hydrogens is 565 g/mol. The van der Waals surface area contributed by atoms with Crippen molar-refractivity contribution in [2.45, 2.75) is 37.6 Å². The molecule has 41 heavy (non-hydrogen) atoms. The van der Waals surface area contributed by atoms with Gasteiger partial charge in [-0.2, -0.15) is 0 Å². The molecule has 11 heteroatoms. The Morgan fingerprint density at radius 2 is 1.98 bits per heavy atom. The molecular formula is C30H29Cl2N5O4. The number of aliphatic hydroxyl groups is 1. The monoisotopic (exact) mass is 593 g/mol. The number of aliphatic imine (C=N–C) groups is 1. The van der Waals surface area contributed by atoms with Gasteiger partial charge in [0.05, 0.1) is 23.2 Å². The third-order valence-corrected chi connectivity index (χ3v) is 7.30. The van der Waals surface area contributed by atoms with E-state index >= 15 is 0 Å². The minimum Gasteiger partial charge on any atom is -0.494 e. The first kappa shape index (κ1) is 30.0. The molecule has 0 saturated heterocycles. The van der Waals surface area contributed by atoms with Crippen molar-refractivity contribution in [1.82, 2.24) is 5.32 Å². The molecule has 0 unspecified atom stereocenters. The average Bonchev–Trinajstić information content (AvgIpc) is 3.37. The molecule has 0 fully saturated rings. The first-order chi connectivity index (χ1) is 19.9. The summed E-state index contributed by atoms with van der Waals surface area (Å²) in [6.07, 6.45) is 1.49. The highest BCUT2D eigenvalue weighted by Crippen LogP contribution is 2.44. The van der Waals surface area contributed by atoms with E-state index in [0.29, 0.717) is 45.5 Å². The molecule has 0 bridgehead atoms. The molecule has 2 atom stereocenters. The van der Waals surface area contributed by atoms with Gasteiger partial charge in [-0.3, -0.25) is 4.79 Å². The van der Waals surface area contributed by atoms with Gasteiger partial charge in [0.1, 0.15) is 5.75 Å². The Balaban J connectivity index is 1.72. The minimum atomic E-state index is -1.41. The van der Waals surface area contributed by atoms with Crippen LogP contribution in [0.5, 0.6) is 5.75 Å². The van der Waals surface area contributed by atoms with Crippen LogP contribution < -0.4 is 10.1 Å². The molecule has 9 nitrogen and oxygen atoms in total. The second-order valence-electron chi connectivity index (χ2n) is 9.30. The predicted molar refractivity (Wildman–Crippen MR) is 159 cm³/mol. The van der Waals surface area contributed by atoms with E-state index in [1.807, 2.05) is 24.3 Å². The van der Waals surface area contributed by atoms with E-state index in [1.165, 1.54) is 0 Å². The lowest BCUT2D eigenvalue weighted by Gasteiger charge is -2.30. The van der Waals surface area contributed by atoms with E-state index in [2.05, 4.69) is 21.9 Å². The number of rotatable bonds is 13. The Bertz CT molecular complexity index is 1470. The molecule has 1 heterocycles. The molecule has 3 aromatic carbocycles. The van der Waals surface area contributed by atoms with Crippen molar-refractivity contribution < 1.29 is 19.4 Å². The second kappa shape index (κ2) is 14.1. The van der Waals surface area contributed by atoms with Crippen LogP contribution in [0.2, 0.25) is 10.0 Å². The van der Waals surface area contributed by atoms with Crippen LogP contribution >= 0.6 is 23.2 Å². The van der Waals surface area contributed by atoms with Crippen molar-refractivity contribution in [1.29, 1.82) is 0 Å². The van der Waals surface area contributed by atoms with Gasteiger partial charge in [-0.15, -0.1) is 6.58 Å². The Hall–Kier alpha value is -4.01. The first-order valence-corrected chi connectivity index (χ1v) is 13.7. The number of carbonyl (C=O) groups excluding carboxylic acids is 1. The van der Waals surface area contributed by atoms with E-state index in [9.17, 15) is 4.79 Å². The number of hydrogen-bond donors (Lipinski definition) is 2. The number of ether oxygens (including phenoxy) is 2. The SMILES string of the molecule is C=CC[C@@]1(C(=O)NCc2ccc(Cl)c(Cl)c2)N=C(c2ccc(OCCCO)cc2)O[C@@H]1c1ccccc1CN=[N+]=[N-]. The van der Waals surface area contributed by atoms with Gasteiger partial charge in [-0.05, 0) is 58.6 Å². The van der Waals surface area contributed by atoms with Crippen molar-refractivity contribution in [2.75, 3.05) is 13.2 Å². The number of hydrogen-bond acceptors (Lipinski definition) is 6. The fourth-order valence-electron chi connectivity index (χ4n) is 4.54. The van der Waals surface area contributed by atoms with Crippen LogP contribution in [0.15, 0.2) is 89.5 Å². The maximum Gasteiger partial charge on any atom is 0.252 e. The number of azide groups is 1. The lowest BCUT2D eigenvalue weighted by molar-refractivity contribution is -0.129. The molecule has 0 radical (unpaired) electrons. The number of benzene rings is 3. The summed E-state index contributed by atoms with van der Waals surface area (Å²) < 4.78 is 12.1. The third-order valence-electron chi connectivity index (χ3n) is 6.56. The molecule has 1 aliphatic rings. The van der Waals surface area contributed by atoms with Crippen LogP contribution in [-0.2, 0) is 22.6 Å². The molecule has 0 spiro atoms. The largest absolute Gasteiger partial charge is 0.494 e. The molecule has 1 aliphatic heterocycles. The second-order valence-corrected chi connectivity index (χ2v) is 10.1. The summed E-state index contributed by atoms with van der Waals surface area (Å²) in [5, 5.41) is 16.5. The van der Waals surface area contributed by atoms with Crippen LogP contribution in [0, 0.1) is 0 Å². The topological polar surface area (TPSA) is 129 Å². The van der Waals surface area contributed by atoms with Crippen LogP contribution in [0.3, 0.4) is 0 Å². The zero-order chi connectivity index (χ0) is 29.2. The zero-order valence-electron chi connectivity index (χ0n) is 22.2. The van der Waals surface area contributed by atoms with Crippen molar-refractivity contribution in [3.05, 3.63) is 122 Å². The van der Waals surface area contributed by atoms with E-state index in [-0.39, 0.29) is 37.9 Å². The third kappa shape index (κ3) is 7.01. The highest BCUT2D eigenvalue weighted by molar-refractivity contribution is 6.42. The Labute approximate surface area is 248 Å². The molecule has 4 rings (SSSR count). The van der Waals surface area contributed by atoms with Crippen molar-refractivity contribution in [3.63, 3.8) is 0 Å². The van der Waals surface area contributed by atoms with Crippen molar-refractivity contribution in [3.8, 4) is 5.75 Å². The molecule has 1 amide bonds. The van der Waals surface area contributed by atoms with Crippen LogP contribution in [0.4, 0.5) is 0 Å². The fourth-order valence-corrected chi connectivity index (χ4v) is 4.86. The van der Waals surface area contributed by atoms with Crippen molar-refractivity contribution >= 4 is 35.0 Å². The van der Waals surface area contributed by atoms with Crippen LogP contribution in [-0.4, -0.2) is 35.7 Å². The summed E-state index contributed by atoms with van der Waals surface area (Å²) in [4.78, 5) is 21.8. The van der Waals surface area contributed by atoms with Gasteiger partial charge in [-0.25, -0.2) is 4.99 Å². The molecule has 212 valence electrons. The standard InChI is InChI=1S/C30H29Cl2N5O4/c1-2-14-30(29(39)34-18-20-8-13-25(31)26(32)17-20)27(24-7-4-3-6-22(24)19-35-37-33)41-28(36-30)21-9-11-23(12-10-21)40-16-5-15-38/h2-4,6-13,17,27,38H,1,5,14-16,18-19H2,(H,34,39)/t27-,30-/m1/s1. The maximum atomic E-state index is 14.0. The van der Waals surface area contributed by atoms with Gasteiger partial charge in [0.15, 0.2) is 11.6 Å². The number of aliphatic hydroxyl groups excluding tert-OH is 1. The molecule has 0 aliphatic carbocycles. The zero-order valence-corrected chi connectivity index (χ0v) is 23.7. The highest BCUT2D eigenvalue weighted by atomic mass is 35.5. The lowest BCUT2D eigenvalue weighted by Crippen LogP contribution is -2.48. The smallest absolute Gasteiger partial charge is 0.252 e. The van der Waals surface area contributed by atoms with Gasteiger partial charge in [0.25, 0.3) is 5.91 Å². The number of carbonyl (C=O) groups is 1. The maximum absolute atomic E-state index is 14.0. The van der Waals surface area contributed by atoms with Gasteiger partial charge in [0.2, 0.25) is 5.90 Å². The number of nitrogens with zero attached hydrogens (tertiary/aromatic N) is 4. The normalized spacial score (nSPS) is 17.6. The Morgan fingerprint density at radius 3 is 2.68 bits per heavy atom. The summed E-state index contributed by atoms with van der Waals surface area (Å²) in [5.74, 6) is 0.543. The van der Waals surface area contributed by atoms with E-state index in [4.69, 9.17) is 48.3 Å². The number of nitrogens with one attached hydrogen (secondary N) is 1. The Morgan fingerprint density at radius 1 is 1.20 bits per heavy atom. The molecule has 3 aromatic rings. The van der Waals surface area contributed by atoms with Gasteiger partial charge in [0, 0.05) is 36.5 Å². The van der Waals surface area contributed by atoms with Crippen molar-refractivity contribution in [2.24, 2.45) is 10.1 Å². The number of amides is 1. The summed E-state index contributed by atoms with van der Waals surface area (Å²) in [6.45, 7) is 4.60. The summed E-state index contributed by atoms with van der Waals surface area (Å²) in [6, 6.07) is 19.6. The quantitative estimate of drug-likeness (QED) is 0.0749. The van der Waals surface area contributed by atoms with Crippen LogP contribution in [0.25, 0.3) is 10.4 Å². The van der Waals surface area contributed by atoms with Gasteiger partial charge in [-0.1, -0.05) is 64.7 Å². The van der Waals surface area contributed by atoms with Gasteiger partial charge < -0.3 is 19.9 Å². The first-order valence-electron chi connectivity index (χ1n) is 12.9. The lowest BCUT2D eigenvalue weighted by atomic mass is 9.82. The molecule has 0 aromatic heterocycles. The summed E-state index contributed by atoms with van der Waals surface area (Å²) in [5.41, 5.74) is 10.3. The fraction of sp³-hybridized carbons (Fsp3) is 0.267.